The van der Waals surface area contributed by atoms with Gasteiger partial charge < -0.3 is 9.47 Å². The molecule has 0 aliphatic heterocycles. The Kier molecular flexibility index (Phi) is 6.55. The molecule has 1 N–H and O–H groups in total. The van der Waals surface area contributed by atoms with Crippen LogP contribution in [0.1, 0.15) is 39.0 Å². The van der Waals surface area contributed by atoms with Crippen molar-refractivity contribution in [2.24, 2.45) is 5.92 Å². The molecule has 0 spiro atoms. The first kappa shape index (κ1) is 15.9. The fourth-order valence-electron chi connectivity index (χ4n) is 2.56. The summed E-state index contributed by atoms with van der Waals surface area (Å²) in [5, 5.41) is 0. The van der Waals surface area contributed by atoms with Crippen LogP contribution in [0, 0.1) is 5.92 Å². The molecule has 0 aromatic rings. The summed E-state index contributed by atoms with van der Waals surface area (Å²) in [5.41, 5.74) is 0. The minimum Gasteiger partial charge on any atom is -0.354 e. The second-order valence-corrected chi connectivity index (χ2v) is 6.83. The highest BCUT2D eigenvalue weighted by Gasteiger charge is 2.25. The van der Waals surface area contributed by atoms with Gasteiger partial charge in [-0.05, 0) is 25.7 Å². The molecule has 0 aromatic heterocycles. The SMILES string of the molecule is COC(OC)C(C)NS(=O)(=O)CC1CCCCC1. The molecule has 0 aromatic carbocycles. The van der Waals surface area contributed by atoms with Crippen molar-refractivity contribution in [3.63, 3.8) is 0 Å². The topological polar surface area (TPSA) is 64.6 Å². The molecule has 1 saturated carbocycles. The number of sulfonamides is 1. The number of hydrogen-bond donors (Lipinski definition) is 1. The van der Waals surface area contributed by atoms with Crippen LogP contribution in [0.2, 0.25) is 0 Å². The molecule has 5 nitrogen and oxygen atoms in total. The van der Waals surface area contributed by atoms with Crippen LogP contribution in [0.5, 0.6) is 0 Å². The normalized spacial score (nSPS) is 20.2. The van der Waals surface area contributed by atoms with Gasteiger partial charge in [-0.2, -0.15) is 0 Å². The number of nitrogens with one attached hydrogen (secondary N) is 1. The Balaban J connectivity index is 2.47. The molecule has 6 heteroatoms. The number of ether oxygens (including phenoxy) is 2. The van der Waals surface area contributed by atoms with E-state index in [-0.39, 0.29) is 11.8 Å². The van der Waals surface area contributed by atoms with E-state index < -0.39 is 16.3 Å². The van der Waals surface area contributed by atoms with Crippen LogP contribution in [0.25, 0.3) is 0 Å². The first-order valence-electron chi connectivity index (χ1n) is 6.54. The van der Waals surface area contributed by atoms with Crippen molar-refractivity contribution in [3.8, 4) is 0 Å². The van der Waals surface area contributed by atoms with Crippen molar-refractivity contribution < 1.29 is 17.9 Å². The smallest absolute Gasteiger partial charge is 0.212 e. The van der Waals surface area contributed by atoms with Crippen molar-refractivity contribution in [2.45, 2.75) is 51.4 Å². The first-order chi connectivity index (χ1) is 8.48. The highest BCUT2D eigenvalue weighted by Crippen LogP contribution is 2.24. The zero-order valence-corrected chi connectivity index (χ0v) is 12.3. The van der Waals surface area contributed by atoms with Gasteiger partial charge in [-0.15, -0.1) is 0 Å². The zero-order valence-electron chi connectivity index (χ0n) is 11.5. The monoisotopic (exact) mass is 279 g/mol. The Morgan fingerprint density at radius 3 is 2.22 bits per heavy atom. The molecule has 0 amide bonds. The van der Waals surface area contributed by atoms with Gasteiger partial charge in [-0.25, -0.2) is 13.1 Å². The summed E-state index contributed by atoms with van der Waals surface area (Å²) >= 11 is 0. The zero-order chi connectivity index (χ0) is 13.6. The molecule has 1 aliphatic rings. The highest BCUT2D eigenvalue weighted by atomic mass is 32.2. The van der Waals surface area contributed by atoms with Gasteiger partial charge in [-0.1, -0.05) is 19.3 Å². The lowest BCUT2D eigenvalue weighted by Crippen LogP contribution is -2.44. The molecule has 0 heterocycles. The van der Waals surface area contributed by atoms with Crippen molar-refractivity contribution in [2.75, 3.05) is 20.0 Å². The Hall–Kier alpha value is -0.170. The van der Waals surface area contributed by atoms with Crippen molar-refractivity contribution >= 4 is 10.0 Å². The highest BCUT2D eigenvalue weighted by molar-refractivity contribution is 7.89. The summed E-state index contributed by atoms with van der Waals surface area (Å²) in [4.78, 5) is 0. The maximum Gasteiger partial charge on any atom is 0.212 e. The molecule has 1 rings (SSSR count). The standard InChI is InChI=1S/C12H25NO4S/c1-10(12(16-2)17-3)13-18(14,15)9-11-7-5-4-6-8-11/h10-13H,4-9H2,1-3H3. The summed E-state index contributed by atoms with van der Waals surface area (Å²) < 4.78 is 36.8. The van der Waals surface area contributed by atoms with E-state index in [2.05, 4.69) is 4.72 Å². The molecule has 1 aliphatic carbocycles. The average Bonchev–Trinajstić information content (AvgIpc) is 2.30. The Morgan fingerprint density at radius 2 is 1.72 bits per heavy atom. The third-order valence-electron chi connectivity index (χ3n) is 3.42. The van der Waals surface area contributed by atoms with Crippen LogP contribution in [-0.2, 0) is 19.5 Å². The van der Waals surface area contributed by atoms with E-state index in [1.165, 1.54) is 20.6 Å². The molecular formula is C12H25NO4S. The molecular weight excluding hydrogens is 254 g/mol. The van der Waals surface area contributed by atoms with Crippen LogP contribution in [0.15, 0.2) is 0 Å². The van der Waals surface area contributed by atoms with E-state index in [1.807, 2.05) is 0 Å². The quantitative estimate of drug-likeness (QED) is 0.717. The van der Waals surface area contributed by atoms with Crippen LogP contribution in [-0.4, -0.2) is 40.7 Å². The van der Waals surface area contributed by atoms with E-state index >= 15 is 0 Å². The molecule has 0 saturated heterocycles. The van der Waals surface area contributed by atoms with Crippen molar-refractivity contribution in [3.05, 3.63) is 0 Å². The Labute approximate surface area is 110 Å². The maximum absolute atomic E-state index is 12.0. The van der Waals surface area contributed by atoms with E-state index in [0.717, 1.165) is 25.7 Å². The van der Waals surface area contributed by atoms with Gasteiger partial charge in [0.25, 0.3) is 0 Å². The van der Waals surface area contributed by atoms with Crippen LogP contribution in [0.3, 0.4) is 0 Å². The van der Waals surface area contributed by atoms with Crippen molar-refractivity contribution in [1.29, 1.82) is 0 Å². The van der Waals surface area contributed by atoms with Crippen LogP contribution >= 0.6 is 0 Å². The number of rotatable bonds is 7. The van der Waals surface area contributed by atoms with Gasteiger partial charge >= 0.3 is 0 Å². The van der Waals surface area contributed by atoms with Crippen LogP contribution in [0.4, 0.5) is 0 Å². The van der Waals surface area contributed by atoms with Gasteiger partial charge in [0.1, 0.15) is 0 Å². The second-order valence-electron chi connectivity index (χ2n) is 5.03. The maximum atomic E-state index is 12.0. The van der Waals surface area contributed by atoms with E-state index in [0.29, 0.717) is 5.92 Å². The predicted molar refractivity (Wildman–Crippen MR) is 70.8 cm³/mol. The molecule has 0 bridgehead atoms. The summed E-state index contributed by atoms with van der Waals surface area (Å²) in [6, 6.07) is -0.381. The first-order valence-corrected chi connectivity index (χ1v) is 8.19. The van der Waals surface area contributed by atoms with E-state index in [1.54, 1.807) is 6.92 Å². The third kappa shape index (κ3) is 5.22. The predicted octanol–water partition coefficient (Wildman–Crippen LogP) is 1.49. The second kappa shape index (κ2) is 7.43. The molecule has 18 heavy (non-hydrogen) atoms. The van der Waals surface area contributed by atoms with E-state index in [4.69, 9.17) is 9.47 Å². The molecule has 1 fully saturated rings. The minimum absolute atomic E-state index is 0.220. The fraction of sp³-hybridized carbons (Fsp3) is 1.00. The summed E-state index contributed by atoms with van der Waals surface area (Å²) in [5.74, 6) is 0.518. The van der Waals surface area contributed by atoms with Gasteiger partial charge in [-0.3, -0.25) is 0 Å². The Bertz CT molecular complexity index is 321. The molecule has 1 unspecified atom stereocenters. The van der Waals surface area contributed by atoms with Gasteiger partial charge in [0.15, 0.2) is 6.29 Å². The lowest BCUT2D eigenvalue weighted by atomic mass is 9.91. The van der Waals surface area contributed by atoms with Gasteiger partial charge in [0, 0.05) is 14.2 Å². The molecule has 0 radical (unpaired) electrons. The molecule has 108 valence electrons. The lowest BCUT2D eigenvalue weighted by Gasteiger charge is -2.25. The minimum atomic E-state index is -3.26. The van der Waals surface area contributed by atoms with Crippen LogP contribution < -0.4 is 4.72 Å². The number of methoxy groups -OCH3 is 2. The largest absolute Gasteiger partial charge is 0.354 e. The average molecular weight is 279 g/mol. The fourth-order valence-corrected chi connectivity index (χ4v) is 4.28. The third-order valence-corrected chi connectivity index (χ3v) is 5.06. The lowest BCUT2D eigenvalue weighted by molar-refractivity contribution is -0.115. The summed E-state index contributed by atoms with van der Waals surface area (Å²) in [6.07, 6.45) is 5.02. The van der Waals surface area contributed by atoms with Gasteiger partial charge in [0.2, 0.25) is 10.0 Å². The van der Waals surface area contributed by atoms with Crippen molar-refractivity contribution in [1.82, 2.24) is 4.72 Å². The summed E-state index contributed by atoms with van der Waals surface area (Å²) in [6.45, 7) is 1.75. The van der Waals surface area contributed by atoms with E-state index in [9.17, 15) is 8.42 Å². The Morgan fingerprint density at radius 1 is 1.17 bits per heavy atom. The van der Waals surface area contributed by atoms with Gasteiger partial charge in [0.05, 0.1) is 11.8 Å². The summed E-state index contributed by atoms with van der Waals surface area (Å²) in [7, 11) is -0.255. The molecule has 1 atom stereocenters. The number of hydrogen-bond acceptors (Lipinski definition) is 4.